The van der Waals surface area contributed by atoms with Gasteiger partial charge in [0.1, 0.15) is 11.6 Å². The summed E-state index contributed by atoms with van der Waals surface area (Å²) >= 11 is 0. The number of methoxy groups -OCH3 is 1. The molecule has 0 bridgehead atoms. The predicted molar refractivity (Wildman–Crippen MR) is 74.1 cm³/mol. The highest BCUT2D eigenvalue weighted by molar-refractivity contribution is 5.66. The smallest absolute Gasteiger partial charge is 0.201 e. The van der Waals surface area contributed by atoms with Gasteiger partial charge in [-0.2, -0.15) is 4.39 Å². The Labute approximate surface area is 121 Å². The molecule has 0 radical (unpaired) electrons. The molecule has 0 saturated carbocycles. The first kappa shape index (κ1) is 15.2. The molecule has 112 valence electrons. The van der Waals surface area contributed by atoms with E-state index in [9.17, 15) is 13.2 Å². The van der Waals surface area contributed by atoms with Gasteiger partial charge in [0, 0.05) is 17.2 Å². The molecule has 0 heterocycles. The van der Waals surface area contributed by atoms with Crippen molar-refractivity contribution in [2.75, 3.05) is 13.7 Å². The monoisotopic (exact) mass is 296 g/mol. The molecule has 0 N–H and O–H groups in total. The lowest BCUT2D eigenvalue weighted by Crippen LogP contribution is -2.01. The van der Waals surface area contributed by atoms with E-state index in [2.05, 4.69) is 0 Å². The first-order chi connectivity index (χ1) is 10.1. The van der Waals surface area contributed by atoms with Gasteiger partial charge in [-0.1, -0.05) is 6.92 Å². The number of hydrogen-bond donors (Lipinski definition) is 0. The molecule has 0 aliphatic rings. The highest BCUT2D eigenvalue weighted by Crippen LogP contribution is 2.32. The summed E-state index contributed by atoms with van der Waals surface area (Å²) in [6.45, 7) is 2.14. The molecule has 0 unspecified atom stereocenters. The second-order valence-electron chi connectivity index (χ2n) is 4.43. The molecule has 5 heteroatoms. The molecule has 0 aliphatic carbocycles. The lowest BCUT2D eigenvalue weighted by atomic mass is 10.0. The second-order valence-corrected chi connectivity index (χ2v) is 4.43. The molecule has 0 amide bonds. The zero-order valence-electron chi connectivity index (χ0n) is 11.8. The number of hydrogen-bond acceptors (Lipinski definition) is 2. The van der Waals surface area contributed by atoms with Crippen molar-refractivity contribution in [2.45, 2.75) is 13.3 Å². The number of ether oxygens (including phenoxy) is 2. The third kappa shape index (κ3) is 3.12. The molecular weight excluding hydrogens is 281 g/mol. The van der Waals surface area contributed by atoms with Gasteiger partial charge in [0.05, 0.1) is 13.7 Å². The van der Waals surface area contributed by atoms with Crippen molar-refractivity contribution in [1.82, 2.24) is 0 Å². The zero-order valence-corrected chi connectivity index (χ0v) is 11.8. The minimum Gasteiger partial charge on any atom is -0.497 e. The largest absolute Gasteiger partial charge is 0.497 e. The normalized spacial score (nSPS) is 10.5. The first-order valence-corrected chi connectivity index (χ1v) is 6.53. The predicted octanol–water partition coefficient (Wildman–Crippen LogP) is 4.57. The number of benzene rings is 2. The molecule has 0 saturated heterocycles. The van der Waals surface area contributed by atoms with Crippen LogP contribution in [0, 0.1) is 17.5 Å². The van der Waals surface area contributed by atoms with E-state index in [-0.39, 0.29) is 23.5 Å². The van der Waals surface area contributed by atoms with Gasteiger partial charge in [-0.3, -0.25) is 0 Å². The maximum absolute atomic E-state index is 14.1. The highest BCUT2D eigenvalue weighted by Gasteiger charge is 2.18. The van der Waals surface area contributed by atoms with Crippen molar-refractivity contribution >= 4 is 0 Å². The highest BCUT2D eigenvalue weighted by atomic mass is 19.2. The van der Waals surface area contributed by atoms with Crippen LogP contribution in [0.5, 0.6) is 11.5 Å². The summed E-state index contributed by atoms with van der Waals surface area (Å²) in [5.74, 6) is -2.80. The Balaban J connectivity index is 2.43. The Morgan fingerprint density at radius 1 is 0.952 bits per heavy atom. The van der Waals surface area contributed by atoms with E-state index in [1.165, 1.54) is 31.4 Å². The lowest BCUT2D eigenvalue weighted by Gasteiger charge is -2.11. The molecule has 0 fully saturated rings. The summed E-state index contributed by atoms with van der Waals surface area (Å²) in [4.78, 5) is 0. The van der Waals surface area contributed by atoms with E-state index < -0.39 is 17.5 Å². The second kappa shape index (κ2) is 6.52. The van der Waals surface area contributed by atoms with Crippen LogP contribution >= 0.6 is 0 Å². The van der Waals surface area contributed by atoms with Gasteiger partial charge in [-0.05, 0) is 30.7 Å². The van der Waals surface area contributed by atoms with E-state index in [0.717, 1.165) is 6.07 Å². The molecule has 2 nitrogen and oxygen atoms in total. The van der Waals surface area contributed by atoms with Crippen LogP contribution in [-0.2, 0) is 0 Å². The molecule has 0 aliphatic heterocycles. The zero-order chi connectivity index (χ0) is 15.4. The molecule has 2 rings (SSSR count). The van der Waals surface area contributed by atoms with Crippen LogP contribution in [0.3, 0.4) is 0 Å². The Kier molecular flexibility index (Phi) is 4.73. The fourth-order valence-electron chi connectivity index (χ4n) is 1.90. The van der Waals surface area contributed by atoms with Gasteiger partial charge in [0.25, 0.3) is 0 Å². The van der Waals surface area contributed by atoms with Gasteiger partial charge >= 0.3 is 0 Å². The fraction of sp³-hybridized carbons (Fsp3) is 0.250. The third-order valence-electron chi connectivity index (χ3n) is 2.97. The molecule has 0 spiro atoms. The number of halogens is 3. The SMILES string of the molecule is CCCOc1ccc(-c2ccc(OC)cc2F)c(F)c1F. The van der Waals surface area contributed by atoms with E-state index >= 15 is 0 Å². The Morgan fingerprint density at radius 3 is 2.29 bits per heavy atom. The Morgan fingerprint density at radius 2 is 1.67 bits per heavy atom. The van der Waals surface area contributed by atoms with E-state index in [1.54, 1.807) is 0 Å². The summed E-state index contributed by atoms with van der Waals surface area (Å²) < 4.78 is 51.9. The van der Waals surface area contributed by atoms with Crippen molar-refractivity contribution in [3.63, 3.8) is 0 Å². The van der Waals surface area contributed by atoms with E-state index in [1.807, 2.05) is 6.92 Å². The minimum absolute atomic E-state index is 0.0331. The van der Waals surface area contributed by atoms with Crippen LogP contribution in [0.1, 0.15) is 13.3 Å². The fourth-order valence-corrected chi connectivity index (χ4v) is 1.90. The molecule has 2 aromatic carbocycles. The van der Waals surface area contributed by atoms with Crippen molar-refractivity contribution in [2.24, 2.45) is 0 Å². The summed E-state index contributed by atoms with van der Waals surface area (Å²) in [7, 11) is 1.40. The Hall–Kier alpha value is -2.17. The summed E-state index contributed by atoms with van der Waals surface area (Å²) in [5, 5.41) is 0. The van der Waals surface area contributed by atoms with Gasteiger partial charge in [0.2, 0.25) is 5.82 Å². The standard InChI is InChI=1S/C16H15F3O2/c1-3-8-21-14-7-6-12(15(18)16(14)19)11-5-4-10(20-2)9-13(11)17/h4-7,9H,3,8H2,1-2H3. The van der Waals surface area contributed by atoms with Crippen LogP contribution < -0.4 is 9.47 Å². The van der Waals surface area contributed by atoms with Gasteiger partial charge < -0.3 is 9.47 Å². The third-order valence-corrected chi connectivity index (χ3v) is 2.97. The first-order valence-electron chi connectivity index (χ1n) is 6.53. The van der Waals surface area contributed by atoms with Crippen LogP contribution in [0.25, 0.3) is 11.1 Å². The maximum Gasteiger partial charge on any atom is 0.201 e. The van der Waals surface area contributed by atoms with Crippen LogP contribution in [-0.4, -0.2) is 13.7 Å². The van der Waals surface area contributed by atoms with Gasteiger partial charge in [-0.15, -0.1) is 0 Å². The summed E-state index contributed by atoms with van der Waals surface area (Å²) in [5.41, 5.74) is -0.189. The summed E-state index contributed by atoms with van der Waals surface area (Å²) in [6, 6.07) is 6.55. The summed E-state index contributed by atoms with van der Waals surface area (Å²) in [6.07, 6.45) is 0.677. The van der Waals surface area contributed by atoms with E-state index in [4.69, 9.17) is 9.47 Å². The van der Waals surface area contributed by atoms with Crippen LogP contribution in [0.2, 0.25) is 0 Å². The molecule has 0 aromatic heterocycles. The van der Waals surface area contributed by atoms with Crippen molar-refractivity contribution in [3.05, 3.63) is 47.8 Å². The number of rotatable bonds is 5. The maximum atomic E-state index is 14.1. The van der Waals surface area contributed by atoms with Crippen molar-refractivity contribution in [1.29, 1.82) is 0 Å². The quantitative estimate of drug-likeness (QED) is 0.804. The Bertz CT molecular complexity index is 642. The van der Waals surface area contributed by atoms with Crippen molar-refractivity contribution in [3.8, 4) is 22.6 Å². The van der Waals surface area contributed by atoms with Crippen LogP contribution in [0.4, 0.5) is 13.2 Å². The van der Waals surface area contributed by atoms with E-state index in [0.29, 0.717) is 12.2 Å². The van der Waals surface area contributed by atoms with Gasteiger partial charge in [-0.25, -0.2) is 8.78 Å². The molecular formula is C16H15F3O2. The van der Waals surface area contributed by atoms with Crippen molar-refractivity contribution < 1.29 is 22.6 Å². The minimum atomic E-state index is -1.13. The molecule has 2 aromatic rings. The molecule has 0 atom stereocenters. The molecule has 21 heavy (non-hydrogen) atoms. The lowest BCUT2D eigenvalue weighted by molar-refractivity contribution is 0.295. The topological polar surface area (TPSA) is 18.5 Å². The average molecular weight is 296 g/mol. The average Bonchev–Trinajstić information content (AvgIpc) is 2.49. The van der Waals surface area contributed by atoms with Crippen LogP contribution in [0.15, 0.2) is 30.3 Å². The van der Waals surface area contributed by atoms with Gasteiger partial charge in [0.15, 0.2) is 11.6 Å².